The first-order valence-electron chi connectivity index (χ1n) is 8.43. The summed E-state index contributed by atoms with van der Waals surface area (Å²) < 4.78 is 0. The van der Waals surface area contributed by atoms with Gasteiger partial charge in [0, 0.05) is 30.4 Å². The molecule has 5 nitrogen and oxygen atoms in total. The van der Waals surface area contributed by atoms with Gasteiger partial charge in [-0.05, 0) is 29.3 Å². The highest BCUT2D eigenvalue weighted by Gasteiger charge is 2.13. The van der Waals surface area contributed by atoms with Crippen LogP contribution in [-0.4, -0.2) is 29.3 Å². The molecule has 1 amide bonds. The highest BCUT2D eigenvalue weighted by Crippen LogP contribution is 2.26. The van der Waals surface area contributed by atoms with Gasteiger partial charge in [-0.1, -0.05) is 38.1 Å². The van der Waals surface area contributed by atoms with Gasteiger partial charge in [0.05, 0.1) is 12.2 Å². The normalized spacial score (nSPS) is 13.6. The Balaban J connectivity index is 1.69. The number of pyridine rings is 1. The smallest absolute Gasteiger partial charge is 0.239 e. The summed E-state index contributed by atoms with van der Waals surface area (Å²) in [4.78, 5) is 20.5. The number of amidine groups is 1. The number of nitrogens with zero attached hydrogens (tertiary/aromatic N) is 2. The fraction of sp³-hybridized carbons (Fsp3) is 0.250. The van der Waals surface area contributed by atoms with Crippen LogP contribution in [0.15, 0.2) is 59.9 Å². The standard InChI is InChI=1S/C20H22N4O/c1-14(2)22-13-20(25)24-19-7-6-18(23-19)17-5-3-4-16(12-17)15-8-10-21-11-9-15/h3-6,8-12,14,22H,7,13H2,1-2H3,(H,23,24,25). The lowest BCUT2D eigenvalue weighted by Crippen LogP contribution is -2.39. The molecule has 1 aromatic heterocycles. The van der Waals surface area contributed by atoms with Gasteiger partial charge in [-0.3, -0.25) is 9.78 Å². The molecule has 0 saturated heterocycles. The van der Waals surface area contributed by atoms with Gasteiger partial charge >= 0.3 is 0 Å². The van der Waals surface area contributed by atoms with Crippen molar-refractivity contribution in [2.75, 3.05) is 6.54 Å². The van der Waals surface area contributed by atoms with Crippen LogP contribution in [0.4, 0.5) is 0 Å². The molecule has 0 saturated carbocycles. The molecule has 2 heterocycles. The van der Waals surface area contributed by atoms with Crippen LogP contribution in [0.1, 0.15) is 25.8 Å². The SMILES string of the molecule is CC(C)NCC(=O)NC1=NC(c2cccc(-c3ccncc3)c2)=CC1. The number of rotatable bonds is 5. The van der Waals surface area contributed by atoms with E-state index >= 15 is 0 Å². The average Bonchev–Trinajstić information content (AvgIpc) is 3.09. The van der Waals surface area contributed by atoms with Crippen molar-refractivity contribution in [2.45, 2.75) is 26.3 Å². The number of nitrogens with one attached hydrogen (secondary N) is 2. The molecule has 0 radical (unpaired) electrons. The van der Waals surface area contributed by atoms with Crippen LogP contribution in [0.3, 0.4) is 0 Å². The Morgan fingerprint density at radius 2 is 1.88 bits per heavy atom. The van der Waals surface area contributed by atoms with Crippen molar-refractivity contribution in [1.29, 1.82) is 0 Å². The lowest BCUT2D eigenvalue weighted by Gasteiger charge is -2.08. The molecule has 0 unspecified atom stereocenters. The van der Waals surface area contributed by atoms with Crippen molar-refractivity contribution in [1.82, 2.24) is 15.6 Å². The molecule has 1 aliphatic rings. The lowest BCUT2D eigenvalue weighted by molar-refractivity contribution is -0.118. The fourth-order valence-corrected chi connectivity index (χ4v) is 2.60. The molecular weight excluding hydrogens is 312 g/mol. The average molecular weight is 334 g/mol. The van der Waals surface area contributed by atoms with Crippen molar-refractivity contribution in [3.8, 4) is 11.1 Å². The van der Waals surface area contributed by atoms with Crippen LogP contribution in [0.5, 0.6) is 0 Å². The van der Waals surface area contributed by atoms with Crippen molar-refractivity contribution in [2.24, 2.45) is 4.99 Å². The minimum absolute atomic E-state index is 0.0624. The molecule has 2 N–H and O–H groups in total. The molecule has 1 aliphatic heterocycles. The Bertz CT molecular complexity index is 809. The summed E-state index contributed by atoms with van der Waals surface area (Å²) in [5, 5.41) is 5.97. The second-order valence-corrected chi connectivity index (χ2v) is 6.25. The molecule has 128 valence electrons. The monoisotopic (exact) mass is 334 g/mol. The van der Waals surface area contributed by atoms with Crippen molar-refractivity contribution in [3.05, 3.63) is 60.4 Å². The Morgan fingerprint density at radius 1 is 1.12 bits per heavy atom. The number of hydrogen-bond acceptors (Lipinski definition) is 4. The Kier molecular flexibility index (Phi) is 5.36. The predicted molar refractivity (Wildman–Crippen MR) is 101 cm³/mol. The molecule has 25 heavy (non-hydrogen) atoms. The van der Waals surface area contributed by atoms with Crippen LogP contribution in [0, 0.1) is 0 Å². The number of benzene rings is 1. The van der Waals surface area contributed by atoms with Crippen LogP contribution in [0.2, 0.25) is 0 Å². The summed E-state index contributed by atoms with van der Waals surface area (Å²) in [5.41, 5.74) is 4.17. The lowest BCUT2D eigenvalue weighted by atomic mass is 10.0. The summed E-state index contributed by atoms with van der Waals surface area (Å²) >= 11 is 0. The van der Waals surface area contributed by atoms with E-state index in [9.17, 15) is 4.79 Å². The molecule has 0 atom stereocenters. The first-order valence-corrected chi connectivity index (χ1v) is 8.43. The number of hydrogen-bond donors (Lipinski definition) is 2. The fourth-order valence-electron chi connectivity index (χ4n) is 2.60. The summed E-state index contributed by atoms with van der Waals surface area (Å²) in [5.74, 6) is 0.632. The number of carbonyl (C=O) groups excluding carboxylic acids is 1. The van der Waals surface area contributed by atoms with Gasteiger partial charge in [-0.15, -0.1) is 0 Å². The Morgan fingerprint density at radius 3 is 2.64 bits per heavy atom. The van der Waals surface area contributed by atoms with Crippen molar-refractivity contribution < 1.29 is 4.79 Å². The highest BCUT2D eigenvalue weighted by atomic mass is 16.2. The third-order valence-electron chi connectivity index (χ3n) is 3.87. The maximum absolute atomic E-state index is 11.9. The molecule has 0 spiro atoms. The van der Waals surface area contributed by atoms with Crippen molar-refractivity contribution >= 4 is 17.4 Å². The molecule has 3 rings (SSSR count). The molecule has 0 fully saturated rings. The second-order valence-electron chi connectivity index (χ2n) is 6.25. The zero-order valence-corrected chi connectivity index (χ0v) is 14.5. The van der Waals surface area contributed by atoms with E-state index in [0.29, 0.717) is 18.8 Å². The van der Waals surface area contributed by atoms with E-state index in [0.717, 1.165) is 22.4 Å². The van der Waals surface area contributed by atoms with Gasteiger partial charge in [0.25, 0.3) is 0 Å². The van der Waals surface area contributed by atoms with E-state index in [1.807, 2.05) is 44.2 Å². The van der Waals surface area contributed by atoms with Gasteiger partial charge in [0.2, 0.25) is 5.91 Å². The Hall–Kier alpha value is -2.79. The van der Waals surface area contributed by atoms with E-state index in [-0.39, 0.29) is 11.9 Å². The van der Waals surface area contributed by atoms with E-state index in [2.05, 4.69) is 32.7 Å². The predicted octanol–water partition coefficient (Wildman–Crippen LogP) is 3.01. The number of aromatic nitrogens is 1. The summed E-state index contributed by atoms with van der Waals surface area (Å²) in [7, 11) is 0. The molecular formula is C20H22N4O. The minimum Gasteiger partial charge on any atom is -0.313 e. The summed E-state index contributed by atoms with van der Waals surface area (Å²) in [6, 6.07) is 12.5. The maximum atomic E-state index is 11.9. The molecule has 0 aliphatic carbocycles. The molecule has 5 heteroatoms. The van der Waals surface area contributed by atoms with E-state index in [1.54, 1.807) is 12.4 Å². The molecule has 0 bridgehead atoms. The zero-order chi connectivity index (χ0) is 17.6. The molecule has 1 aromatic carbocycles. The van der Waals surface area contributed by atoms with Crippen LogP contribution < -0.4 is 10.6 Å². The van der Waals surface area contributed by atoms with E-state index in [4.69, 9.17) is 0 Å². The topological polar surface area (TPSA) is 66.4 Å². The van der Waals surface area contributed by atoms with E-state index < -0.39 is 0 Å². The quantitative estimate of drug-likeness (QED) is 0.883. The number of carbonyl (C=O) groups is 1. The number of amides is 1. The van der Waals surface area contributed by atoms with Crippen molar-refractivity contribution in [3.63, 3.8) is 0 Å². The number of aliphatic imine (C=N–C) groups is 1. The maximum Gasteiger partial charge on any atom is 0.239 e. The van der Waals surface area contributed by atoms with Gasteiger partial charge in [0.1, 0.15) is 5.84 Å². The first kappa shape index (κ1) is 17.0. The largest absolute Gasteiger partial charge is 0.313 e. The first-order chi connectivity index (χ1) is 12.1. The Labute approximate surface area is 147 Å². The molecule has 2 aromatic rings. The third-order valence-corrected chi connectivity index (χ3v) is 3.87. The van der Waals surface area contributed by atoms with Gasteiger partial charge in [-0.25, -0.2) is 4.99 Å². The van der Waals surface area contributed by atoms with Gasteiger partial charge in [-0.2, -0.15) is 0 Å². The zero-order valence-electron chi connectivity index (χ0n) is 14.5. The van der Waals surface area contributed by atoms with Gasteiger partial charge < -0.3 is 10.6 Å². The van der Waals surface area contributed by atoms with Gasteiger partial charge in [0.15, 0.2) is 0 Å². The van der Waals surface area contributed by atoms with Crippen LogP contribution in [0.25, 0.3) is 16.8 Å². The summed E-state index contributed by atoms with van der Waals surface area (Å²) in [6.45, 7) is 4.31. The van der Waals surface area contributed by atoms with Crippen LogP contribution >= 0.6 is 0 Å². The minimum atomic E-state index is -0.0624. The summed E-state index contributed by atoms with van der Waals surface area (Å²) in [6.07, 6.45) is 6.25. The van der Waals surface area contributed by atoms with Crippen LogP contribution in [-0.2, 0) is 4.79 Å². The second kappa shape index (κ2) is 7.85. The highest BCUT2D eigenvalue weighted by molar-refractivity contribution is 6.04. The third kappa shape index (κ3) is 4.61. The van der Waals surface area contributed by atoms with E-state index in [1.165, 1.54) is 0 Å².